The minimum absolute atomic E-state index is 0.0699. The molecule has 19 heavy (non-hydrogen) atoms. The average Bonchev–Trinajstić information content (AvgIpc) is 2.69. The highest BCUT2D eigenvalue weighted by Gasteiger charge is 2.56. The molecule has 1 unspecified atom stereocenters. The van der Waals surface area contributed by atoms with E-state index in [2.05, 4.69) is 0 Å². The molecule has 1 aromatic carbocycles. The molecule has 0 radical (unpaired) electrons. The van der Waals surface area contributed by atoms with Crippen LogP contribution in [0.15, 0.2) is 18.2 Å². The van der Waals surface area contributed by atoms with Crippen molar-refractivity contribution in [2.45, 2.75) is 25.1 Å². The largest absolute Gasteiger partial charge is 0.415 e. The minimum Gasteiger partial charge on any atom is -0.310 e. The summed E-state index contributed by atoms with van der Waals surface area (Å²) in [6, 6.07) is 3.71. The number of rotatable bonds is 1. The number of carbonyl (C=O) groups is 1. The van der Waals surface area contributed by atoms with Gasteiger partial charge in [0.15, 0.2) is 5.54 Å². The molecule has 1 aliphatic rings. The standard InChI is InChI=1S/C12H12F4N2O/c1-11(17,12(14,15)16)10(19)18-5-4-7-2-3-8(13)6-9(7)18/h2-3,6H,4-5,17H2,1H3. The van der Waals surface area contributed by atoms with Gasteiger partial charge in [0.25, 0.3) is 5.91 Å². The fourth-order valence-electron chi connectivity index (χ4n) is 1.96. The Bertz CT molecular complexity index is 525. The maximum atomic E-state index is 13.1. The number of nitrogens with zero attached hydrogens (tertiary/aromatic N) is 1. The highest BCUT2D eigenvalue weighted by molar-refractivity contribution is 6.02. The molecule has 1 aliphatic heterocycles. The lowest BCUT2D eigenvalue weighted by Gasteiger charge is -2.31. The first-order chi connectivity index (χ1) is 8.64. The van der Waals surface area contributed by atoms with Gasteiger partial charge in [0.1, 0.15) is 5.82 Å². The maximum Gasteiger partial charge on any atom is 0.415 e. The van der Waals surface area contributed by atoms with Crippen LogP contribution in [0.1, 0.15) is 12.5 Å². The number of fused-ring (bicyclic) bond motifs is 1. The Morgan fingerprint density at radius 1 is 1.37 bits per heavy atom. The van der Waals surface area contributed by atoms with E-state index in [-0.39, 0.29) is 12.2 Å². The Morgan fingerprint density at radius 3 is 2.58 bits per heavy atom. The van der Waals surface area contributed by atoms with Gasteiger partial charge < -0.3 is 10.6 Å². The summed E-state index contributed by atoms with van der Waals surface area (Å²) in [6.45, 7) is 0.688. The van der Waals surface area contributed by atoms with Crippen LogP contribution in [0.5, 0.6) is 0 Å². The minimum atomic E-state index is -4.86. The van der Waals surface area contributed by atoms with E-state index in [1.54, 1.807) is 0 Å². The molecule has 3 nitrogen and oxygen atoms in total. The zero-order valence-corrected chi connectivity index (χ0v) is 10.1. The highest BCUT2D eigenvalue weighted by atomic mass is 19.4. The molecule has 7 heteroatoms. The van der Waals surface area contributed by atoms with E-state index in [1.807, 2.05) is 0 Å². The number of alkyl halides is 3. The molecule has 1 amide bonds. The second kappa shape index (κ2) is 4.19. The van der Waals surface area contributed by atoms with E-state index >= 15 is 0 Å². The van der Waals surface area contributed by atoms with Crippen LogP contribution in [0, 0.1) is 5.82 Å². The third-order valence-corrected chi connectivity index (χ3v) is 3.22. The summed E-state index contributed by atoms with van der Waals surface area (Å²) in [7, 11) is 0. The average molecular weight is 276 g/mol. The van der Waals surface area contributed by atoms with Crippen molar-refractivity contribution in [2.24, 2.45) is 5.73 Å². The van der Waals surface area contributed by atoms with Crippen LogP contribution < -0.4 is 10.6 Å². The van der Waals surface area contributed by atoms with Gasteiger partial charge in [-0.05, 0) is 31.0 Å². The number of carbonyl (C=O) groups excluding carboxylic acids is 1. The Labute approximate surface area is 107 Å². The summed E-state index contributed by atoms with van der Waals surface area (Å²) >= 11 is 0. The number of anilines is 1. The van der Waals surface area contributed by atoms with E-state index in [9.17, 15) is 22.4 Å². The monoisotopic (exact) mass is 276 g/mol. The molecule has 0 spiro atoms. The molecule has 0 aliphatic carbocycles. The van der Waals surface area contributed by atoms with Crippen molar-refractivity contribution in [2.75, 3.05) is 11.4 Å². The third kappa shape index (κ3) is 2.18. The van der Waals surface area contributed by atoms with E-state index in [4.69, 9.17) is 5.73 Å². The van der Waals surface area contributed by atoms with Crippen molar-refractivity contribution < 1.29 is 22.4 Å². The maximum absolute atomic E-state index is 13.1. The second-order valence-electron chi connectivity index (χ2n) is 4.68. The molecule has 1 atom stereocenters. The zero-order chi connectivity index (χ0) is 14.4. The van der Waals surface area contributed by atoms with Crippen molar-refractivity contribution in [1.29, 1.82) is 0 Å². The normalized spacial score (nSPS) is 18.1. The molecule has 0 bridgehead atoms. The van der Waals surface area contributed by atoms with Crippen LogP contribution in [-0.2, 0) is 11.2 Å². The van der Waals surface area contributed by atoms with Gasteiger partial charge in [-0.2, -0.15) is 13.2 Å². The van der Waals surface area contributed by atoms with Crippen molar-refractivity contribution in [3.63, 3.8) is 0 Å². The lowest BCUT2D eigenvalue weighted by Crippen LogP contribution is -2.62. The fraction of sp³-hybridized carbons (Fsp3) is 0.417. The number of halogens is 4. The Kier molecular flexibility index (Phi) is 3.04. The molecule has 1 aromatic rings. The molecular formula is C12H12F4N2O. The lowest BCUT2D eigenvalue weighted by atomic mass is 10.0. The topological polar surface area (TPSA) is 46.3 Å². The lowest BCUT2D eigenvalue weighted by molar-refractivity contribution is -0.185. The first kappa shape index (κ1) is 13.8. The molecule has 0 saturated carbocycles. The van der Waals surface area contributed by atoms with Gasteiger partial charge in [0.05, 0.1) is 0 Å². The van der Waals surface area contributed by atoms with Crippen LogP contribution in [0.3, 0.4) is 0 Å². The third-order valence-electron chi connectivity index (χ3n) is 3.22. The van der Waals surface area contributed by atoms with Crippen molar-refractivity contribution in [1.82, 2.24) is 0 Å². The Morgan fingerprint density at radius 2 is 2.00 bits per heavy atom. The smallest absolute Gasteiger partial charge is 0.310 e. The Balaban J connectivity index is 2.37. The van der Waals surface area contributed by atoms with E-state index in [0.717, 1.165) is 11.0 Å². The van der Waals surface area contributed by atoms with E-state index in [1.165, 1.54) is 12.1 Å². The van der Waals surface area contributed by atoms with Gasteiger partial charge >= 0.3 is 6.18 Å². The summed E-state index contributed by atoms with van der Waals surface area (Å²) in [5, 5.41) is 0. The first-order valence-electron chi connectivity index (χ1n) is 5.60. The van der Waals surface area contributed by atoms with E-state index in [0.29, 0.717) is 18.9 Å². The van der Waals surface area contributed by atoms with Crippen LogP contribution >= 0.6 is 0 Å². The number of hydrogen-bond acceptors (Lipinski definition) is 2. The molecule has 0 aromatic heterocycles. The Hall–Kier alpha value is -1.63. The van der Waals surface area contributed by atoms with Gasteiger partial charge in [0.2, 0.25) is 0 Å². The zero-order valence-electron chi connectivity index (χ0n) is 10.1. The molecule has 1 heterocycles. The first-order valence-corrected chi connectivity index (χ1v) is 5.60. The quantitative estimate of drug-likeness (QED) is 0.797. The van der Waals surface area contributed by atoms with Crippen LogP contribution in [0.2, 0.25) is 0 Å². The predicted octanol–water partition coefficient (Wildman–Crippen LogP) is 1.99. The summed E-state index contributed by atoms with van der Waals surface area (Å²) in [4.78, 5) is 12.8. The number of benzene rings is 1. The van der Waals surface area contributed by atoms with Gasteiger partial charge in [-0.1, -0.05) is 6.07 Å². The molecule has 2 N–H and O–H groups in total. The van der Waals surface area contributed by atoms with Crippen LogP contribution in [-0.4, -0.2) is 24.2 Å². The molecule has 0 fully saturated rings. The molecule has 104 valence electrons. The van der Waals surface area contributed by atoms with Gasteiger partial charge in [-0.25, -0.2) is 4.39 Å². The SMILES string of the molecule is CC(N)(C(=O)N1CCc2ccc(F)cc21)C(F)(F)F. The second-order valence-corrected chi connectivity index (χ2v) is 4.68. The van der Waals surface area contributed by atoms with Crippen molar-refractivity contribution in [3.8, 4) is 0 Å². The molecule has 2 rings (SSSR count). The molecule has 0 saturated heterocycles. The number of nitrogens with two attached hydrogens (primary N) is 1. The predicted molar refractivity (Wildman–Crippen MR) is 61.1 cm³/mol. The van der Waals surface area contributed by atoms with Gasteiger partial charge in [0, 0.05) is 12.2 Å². The number of hydrogen-bond donors (Lipinski definition) is 1. The number of amides is 1. The summed E-state index contributed by atoms with van der Waals surface area (Å²) in [6.07, 6.45) is -4.48. The van der Waals surface area contributed by atoms with E-state index < -0.39 is 23.4 Å². The van der Waals surface area contributed by atoms with Gasteiger partial charge in [-0.3, -0.25) is 4.79 Å². The van der Waals surface area contributed by atoms with Gasteiger partial charge in [-0.15, -0.1) is 0 Å². The van der Waals surface area contributed by atoms with Crippen molar-refractivity contribution >= 4 is 11.6 Å². The molecular weight excluding hydrogens is 264 g/mol. The fourth-order valence-corrected chi connectivity index (χ4v) is 1.96. The van der Waals surface area contributed by atoms with Crippen LogP contribution in [0.25, 0.3) is 0 Å². The highest BCUT2D eigenvalue weighted by Crippen LogP contribution is 2.35. The summed E-state index contributed by atoms with van der Waals surface area (Å²) < 4.78 is 51.4. The van der Waals surface area contributed by atoms with Crippen LogP contribution in [0.4, 0.5) is 23.2 Å². The van der Waals surface area contributed by atoms with Crippen molar-refractivity contribution in [3.05, 3.63) is 29.6 Å². The summed E-state index contributed by atoms with van der Waals surface area (Å²) in [5.41, 5.74) is 2.91. The summed E-state index contributed by atoms with van der Waals surface area (Å²) in [5.74, 6) is -1.88.